The maximum Gasteiger partial charge on any atom is 0.314 e. The zero-order valence-corrected chi connectivity index (χ0v) is 69.8. The van der Waals surface area contributed by atoms with E-state index in [4.69, 9.17) is 34.3 Å². The molecule has 5 fully saturated rings. The number of alkyl halides is 2. The van der Waals surface area contributed by atoms with Crippen LogP contribution in [0.25, 0.3) is 38.4 Å². The number of carbonyl (C=O) groups excluding carboxylic acids is 2. The standard InChI is InChI=1S/C35H51N7O2S.C31H37N5O3.C25H29F2N3O/c1-26(2)28-22-27-8-6-11-37-33(27)31(23-28)41-16-7-15-40(20-21-41)30(24-32(43)36-12-19-39-13-4-5-14-39)29-25-45-34(38-29)42-17-9-35(3,44)10-18-42;1-23-20-24-10-8-14-32-27(24)28(29(23)39-22-31(2,3)30(37)38-4)35-16-9-15-34(18-19-35)21-25-13-17-36(33-25)26-11-6-5-7-12-26;1-18-15-20-8-5-10-28-22(20)23(24(18)31-3)30-12-6-11-29(13-14-30)17-19-7-4-9-21(16-19)25(2,26)27/h6,8,11,22-23,25-26,30,44H,4-5,7,9-10,12-21,24H2,1-3H3,(H,36,43);5-8,10-14,17,20H,9,15-16,18-19,21-22H2,1-4H3;4-5,7-10,15-16H,6,11-14,17H2,1-3H3. The molecule has 5 aromatic carbocycles. The van der Waals surface area contributed by atoms with Crippen LogP contribution in [0.4, 0.5) is 31.0 Å². The van der Waals surface area contributed by atoms with Crippen molar-refractivity contribution < 1.29 is 37.7 Å². The number of para-hydroxylation sites is 1. The van der Waals surface area contributed by atoms with Crippen molar-refractivity contribution in [3.05, 3.63) is 191 Å². The molecule has 0 radical (unpaired) electrons. The number of rotatable bonds is 23. The Labute approximate surface area is 681 Å². The summed E-state index contributed by atoms with van der Waals surface area (Å²) in [6.07, 6.45) is 15.0. The molecule has 24 heteroatoms. The highest BCUT2D eigenvalue weighted by atomic mass is 32.1. The van der Waals surface area contributed by atoms with Crippen molar-refractivity contribution in [3.63, 3.8) is 0 Å². The predicted molar refractivity (Wildman–Crippen MR) is 459 cm³/mol. The molecule has 115 heavy (non-hydrogen) atoms. The number of carbonyl (C=O) groups is 2. The summed E-state index contributed by atoms with van der Waals surface area (Å²) < 4.78 is 46.6. The number of ether oxygens (including phenoxy) is 3. The third kappa shape index (κ3) is 21.2. The fourth-order valence-electron chi connectivity index (χ4n) is 16.6. The Morgan fingerprint density at radius 3 is 1.86 bits per heavy atom. The second-order valence-corrected chi connectivity index (χ2v) is 33.8. The molecule has 2 N–H and O–H groups in total. The van der Waals surface area contributed by atoms with Gasteiger partial charge < -0.3 is 49.1 Å². The number of likely N-dealkylation sites (tertiary alicyclic amines) is 1. The third-order valence-corrected chi connectivity index (χ3v) is 24.1. The van der Waals surface area contributed by atoms with Gasteiger partial charge in [-0.2, -0.15) is 5.10 Å². The molecule has 1 atom stereocenters. The maximum atomic E-state index is 13.7. The van der Waals surface area contributed by atoms with Gasteiger partial charge in [0.05, 0.1) is 70.6 Å². The van der Waals surface area contributed by atoms with E-state index in [0.29, 0.717) is 25.4 Å². The summed E-state index contributed by atoms with van der Waals surface area (Å²) >= 11 is 1.67. The van der Waals surface area contributed by atoms with Crippen LogP contribution in [0.5, 0.6) is 11.5 Å². The molecule has 0 bridgehead atoms. The molecule has 10 aromatic rings. The normalized spacial score (nSPS) is 17.3. The van der Waals surface area contributed by atoms with Gasteiger partial charge in [0.25, 0.3) is 5.92 Å². The second kappa shape index (κ2) is 38.1. The van der Waals surface area contributed by atoms with Crippen LogP contribution in [-0.2, 0) is 33.3 Å². The van der Waals surface area contributed by atoms with Crippen molar-refractivity contribution in [1.29, 1.82) is 0 Å². The molecular formula is C91H117F2N15O6S. The van der Waals surface area contributed by atoms with E-state index in [0.717, 1.165) is 246 Å². The number of anilines is 4. The van der Waals surface area contributed by atoms with Gasteiger partial charge in [-0.3, -0.25) is 39.2 Å². The average Bonchev–Trinajstić information content (AvgIpc) is 1.62. The van der Waals surface area contributed by atoms with Gasteiger partial charge in [0, 0.05) is 183 Å². The molecule has 5 aromatic heterocycles. The lowest BCUT2D eigenvalue weighted by Gasteiger charge is -2.35. The Bertz CT molecular complexity index is 4880. The number of aryl methyl sites for hydroxylation is 2. The van der Waals surface area contributed by atoms with E-state index in [-0.39, 0.29) is 30.1 Å². The zero-order chi connectivity index (χ0) is 80.8. The molecule has 0 aliphatic carbocycles. The van der Waals surface area contributed by atoms with E-state index in [9.17, 15) is 23.5 Å². The Balaban J connectivity index is 0.000000153. The fourth-order valence-corrected chi connectivity index (χ4v) is 17.5. The summed E-state index contributed by atoms with van der Waals surface area (Å²) in [5.74, 6) is -0.910. The topological polar surface area (TPSA) is 189 Å². The van der Waals surface area contributed by atoms with Gasteiger partial charge in [-0.1, -0.05) is 68.4 Å². The minimum Gasteiger partial charge on any atom is -0.494 e. The van der Waals surface area contributed by atoms with Gasteiger partial charge >= 0.3 is 5.97 Å². The first-order valence-electron chi connectivity index (χ1n) is 41.3. The number of aliphatic hydroxyl groups is 1. The van der Waals surface area contributed by atoms with Crippen LogP contribution in [0.3, 0.4) is 0 Å². The lowest BCUT2D eigenvalue weighted by Crippen LogP contribution is -2.42. The number of halogens is 2. The van der Waals surface area contributed by atoms with Crippen molar-refractivity contribution in [2.24, 2.45) is 5.41 Å². The highest BCUT2D eigenvalue weighted by Gasteiger charge is 2.35. The minimum atomic E-state index is -2.82. The summed E-state index contributed by atoms with van der Waals surface area (Å²) in [5.41, 5.74) is 12.4. The van der Waals surface area contributed by atoms with Crippen molar-refractivity contribution >= 4 is 78.1 Å². The number of pyridine rings is 3. The number of nitrogens with zero attached hydrogens (tertiary/aromatic N) is 14. The van der Waals surface area contributed by atoms with E-state index in [1.54, 1.807) is 30.6 Å². The number of hydrogen-bond donors (Lipinski definition) is 2. The second-order valence-electron chi connectivity index (χ2n) is 33.0. The van der Waals surface area contributed by atoms with Gasteiger partial charge in [-0.05, 0) is 188 Å². The minimum absolute atomic E-state index is 0.0727. The highest BCUT2D eigenvalue weighted by Crippen LogP contribution is 2.43. The van der Waals surface area contributed by atoms with Crippen LogP contribution < -0.4 is 34.4 Å². The molecule has 612 valence electrons. The van der Waals surface area contributed by atoms with Crippen LogP contribution in [0.1, 0.15) is 144 Å². The number of thiazole rings is 1. The molecule has 5 saturated heterocycles. The van der Waals surface area contributed by atoms with Gasteiger partial charge in [-0.25, -0.2) is 18.4 Å². The molecule has 0 spiro atoms. The Morgan fingerprint density at radius 2 is 1.22 bits per heavy atom. The van der Waals surface area contributed by atoms with Gasteiger partial charge in [0.2, 0.25) is 5.91 Å². The number of amides is 1. The van der Waals surface area contributed by atoms with Crippen molar-refractivity contribution in [2.75, 3.05) is 158 Å². The Morgan fingerprint density at radius 1 is 0.617 bits per heavy atom. The Kier molecular flexibility index (Phi) is 27.7. The summed E-state index contributed by atoms with van der Waals surface area (Å²) in [7, 11) is 3.12. The quantitative estimate of drug-likeness (QED) is 0.0575. The number of piperidine rings is 1. The average molecular weight is 1590 g/mol. The van der Waals surface area contributed by atoms with Crippen LogP contribution in [0.15, 0.2) is 151 Å². The van der Waals surface area contributed by atoms with E-state index in [2.05, 4.69) is 143 Å². The number of benzene rings is 5. The molecule has 10 heterocycles. The maximum absolute atomic E-state index is 13.7. The largest absolute Gasteiger partial charge is 0.494 e. The van der Waals surface area contributed by atoms with E-state index < -0.39 is 16.9 Å². The summed E-state index contributed by atoms with van der Waals surface area (Å²) in [4.78, 5) is 64.4. The summed E-state index contributed by atoms with van der Waals surface area (Å²) in [6, 6.07) is 40.1. The van der Waals surface area contributed by atoms with Crippen molar-refractivity contribution in [2.45, 2.75) is 143 Å². The summed E-state index contributed by atoms with van der Waals surface area (Å²) in [5, 5.41) is 25.0. The first kappa shape index (κ1) is 83.5. The van der Waals surface area contributed by atoms with Crippen molar-refractivity contribution in [3.8, 4) is 17.2 Å². The monoisotopic (exact) mass is 1590 g/mol. The highest BCUT2D eigenvalue weighted by molar-refractivity contribution is 7.13. The molecule has 1 unspecified atom stereocenters. The smallest absolute Gasteiger partial charge is 0.314 e. The molecule has 1 amide bonds. The number of fused-ring (bicyclic) bond motifs is 3. The van der Waals surface area contributed by atoms with Crippen LogP contribution in [0, 0.1) is 19.3 Å². The van der Waals surface area contributed by atoms with Crippen LogP contribution in [0.2, 0.25) is 0 Å². The first-order chi connectivity index (χ1) is 55.5. The van der Waals surface area contributed by atoms with Gasteiger partial charge in [0.1, 0.15) is 29.5 Å². The molecule has 5 aliphatic rings. The number of esters is 1. The van der Waals surface area contributed by atoms with E-state index in [1.807, 2.05) is 92.7 Å². The number of aromatic nitrogens is 6. The SMILES string of the molecule is CC(C)c1cc(N2CCCN(C(CC(=O)NCCN3CCCC3)c3csc(N4CCC(C)(O)CC4)n3)CC2)c2ncccc2c1.COC(=O)C(C)(C)COc1c(C)cc2cccnc2c1N1CCCN(Cc2ccn(-c3ccccc3)n2)CC1.COc1c(C)cc2cccnc2c1N1CCCN(Cc2cccc(C(C)(F)F)c2)CC1. The molecule has 5 aliphatic heterocycles. The van der Waals surface area contributed by atoms with E-state index >= 15 is 0 Å². The lowest BCUT2D eigenvalue weighted by molar-refractivity contribution is -0.152. The van der Waals surface area contributed by atoms with Gasteiger partial charge in [0.15, 0.2) is 5.13 Å². The number of nitrogens with one attached hydrogen (secondary N) is 1. The fraction of sp³-hybridized carbons (Fsp3) is 0.484. The molecular weight excluding hydrogens is 1470 g/mol. The third-order valence-electron chi connectivity index (χ3n) is 23.2. The van der Waals surface area contributed by atoms with E-state index in [1.165, 1.54) is 42.7 Å². The van der Waals surface area contributed by atoms with Crippen molar-refractivity contribution in [1.82, 2.24) is 54.6 Å². The Hall–Kier alpha value is -9.43. The van der Waals surface area contributed by atoms with Crippen LogP contribution >= 0.6 is 11.3 Å². The van der Waals surface area contributed by atoms with Gasteiger partial charge in [-0.15, -0.1) is 11.3 Å². The zero-order valence-electron chi connectivity index (χ0n) is 69.0. The molecule has 21 nitrogen and oxygen atoms in total. The van der Waals surface area contributed by atoms with Crippen LogP contribution in [-0.4, -0.2) is 211 Å². The lowest BCUT2D eigenvalue weighted by atomic mass is 9.94. The molecule has 15 rings (SSSR count). The number of hydrogen-bond acceptors (Lipinski definition) is 20. The molecule has 0 saturated carbocycles. The summed E-state index contributed by atoms with van der Waals surface area (Å²) in [6.45, 7) is 33.1. The predicted octanol–water partition coefficient (Wildman–Crippen LogP) is 15.4. The first-order valence-corrected chi connectivity index (χ1v) is 42.2. The number of methoxy groups -OCH3 is 2.